The van der Waals surface area contributed by atoms with Gasteiger partial charge in [0.2, 0.25) is 0 Å². The lowest BCUT2D eigenvalue weighted by molar-refractivity contribution is 0.608. The fourth-order valence-corrected chi connectivity index (χ4v) is 2.58. The van der Waals surface area contributed by atoms with Gasteiger partial charge in [-0.25, -0.2) is 9.37 Å². The summed E-state index contributed by atoms with van der Waals surface area (Å²) in [5.74, 6) is 0.499. The predicted octanol–water partition coefficient (Wildman–Crippen LogP) is 3.39. The lowest BCUT2D eigenvalue weighted by Gasteiger charge is -2.13. The maximum atomic E-state index is 13.6. The molecule has 5 heteroatoms. The van der Waals surface area contributed by atoms with Crippen LogP contribution in [0.3, 0.4) is 0 Å². The third kappa shape index (κ3) is 3.36. The molecule has 1 aromatic carbocycles. The minimum Gasteiger partial charge on any atom is -0.389 e. The maximum absolute atomic E-state index is 13.6. The van der Waals surface area contributed by atoms with Gasteiger partial charge in [-0.3, -0.25) is 0 Å². The van der Waals surface area contributed by atoms with E-state index in [9.17, 15) is 4.39 Å². The lowest BCUT2D eigenvalue weighted by atomic mass is 10.1. The van der Waals surface area contributed by atoms with Crippen LogP contribution in [0.15, 0.2) is 24.4 Å². The number of anilines is 1. The number of halogens is 1. The Morgan fingerprint density at radius 1 is 1.24 bits per heavy atom. The number of rotatable bonds is 4. The number of pyridine rings is 1. The first-order chi connectivity index (χ1) is 9.90. The van der Waals surface area contributed by atoms with Crippen LogP contribution in [0.5, 0.6) is 0 Å². The van der Waals surface area contributed by atoms with Gasteiger partial charge in [0.25, 0.3) is 0 Å². The lowest BCUT2D eigenvalue weighted by Crippen LogP contribution is -2.16. The SMILES string of the molecule is Cc1cc(CNc2nccc(C)c2C(N)=S)cc(C)c1F. The molecule has 2 aromatic rings. The van der Waals surface area contributed by atoms with Crippen LogP contribution in [0.1, 0.15) is 27.8 Å². The molecule has 0 spiro atoms. The number of thiocarbonyl (C=S) groups is 1. The number of nitrogens with one attached hydrogen (secondary N) is 1. The highest BCUT2D eigenvalue weighted by atomic mass is 32.1. The third-order valence-electron chi connectivity index (χ3n) is 3.36. The van der Waals surface area contributed by atoms with Crippen LogP contribution >= 0.6 is 12.2 Å². The predicted molar refractivity (Wildman–Crippen MR) is 88.1 cm³/mol. The molecule has 1 heterocycles. The van der Waals surface area contributed by atoms with Crippen LogP contribution in [0.4, 0.5) is 10.2 Å². The molecule has 0 atom stereocenters. The molecule has 0 saturated heterocycles. The average Bonchev–Trinajstić information content (AvgIpc) is 2.41. The molecule has 0 radical (unpaired) electrons. The maximum Gasteiger partial charge on any atom is 0.136 e. The second kappa shape index (κ2) is 6.18. The summed E-state index contributed by atoms with van der Waals surface area (Å²) in [5, 5.41) is 3.22. The van der Waals surface area contributed by atoms with Gasteiger partial charge in [0, 0.05) is 12.7 Å². The first-order valence-corrected chi connectivity index (χ1v) is 7.06. The summed E-state index contributed by atoms with van der Waals surface area (Å²) in [6.45, 7) is 6.00. The summed E-state index contributed by atoms with van der Waals surface area (Å²) >= 11 is 5.07. The van der Waals surface area contributed by atoms with Crippen LogP contribution in [0.25, 0.3) is 0 Å². The Bertz CT molecular complexity index is 675. The quantitative estimate of drug-likeness (QED) is 0.850. The van der Waals surface area contributed by atoms with Crippen molar-refractivity contribution >= 4 is 23.0 Å². The molecule has 110 valence electrons. The van der Waals surface area contributed by atoms with Crippen molar-refractivity contribution in [3.8, 4) is 0 Å². The number of nitrogens with zero attached hydrogens (tertiary/aromatic N) is 1. The van der Waals surface area contributed by atoms with E-state index in [1.807, 2.05) is 25.1 Å². The van der Waals surface area contributed by atoms with Crippen molar-refractivity contribution in [1.82, 2.24) is 4.98 Å². The fraction of sp³-hybridized carbons (Fsp3) is 0.250. The Hall–Kier alpha value is -2.01. The van der Waals surface area contributed by atoms with E-state index in [1.54, 1.807) is 20.0 Å². The van der Waals surface area contributed by atoms with Crippen molar-refractivity contribution < 1.29 is 4.39 Å². The molecule has 2 rings (SSSR count). The van der Waals surface area contributed by atoms with Crippen molar-refractivity contribution in [2.75, 3.05) is 5.32 Å². The Morgan fingerprint density at radius 3 is 2.43 bits per heavy atom. The Labute approximate surface area is 129 Å². The van der Waals surface area contributed by atoms with Gasteiger partial charge in [-0.2, -0.15) is 0 Å². The van der Waals surface area contributed by atoms with E-state index in [2.05, 4.69) is 10.3 Å². The van der Waals surface area contributed by atoms with E-state index in [0.29, 0.717) is 28.5 Å². The molecular weight excluding hydrogens is 285 g/mol. The number of hydrogen-bond acceptors (Lipinski definition) is 3. The van der Waals surface area contributed by atoms with E-state index in [4.69, 9.17) is 18.0 Å². The zero-order chi connectivity index (χ0) is 15.6. The van der Waals surface area contributed by atoms with Gasteiger partial charge in [0.1, 0.15) is 16.6 Å². The third-order valence-corrected chi connectivity index (χ3v) is 3.57. The zero-order valence-electron chi connectivity index (χ0n) is 12.3. The molecular formula is C16H18FN3S. The topological polar surface area (TPSA) is 50.9 Å². The van der Waals surface area contributed by atoms with E-state index >= 15 is 0 Å². The number of benzene rings is 1. The van der Waals surface area contributed by atoms with Crippen molar-refractivity contribution in [1.29, 1.82) is 0 Å². The molecule has 3 N–H and O–H groups in total. The van der Waals surface area contributed by atoms with Crippen molar-refractivity contribution in [3.05, 3.63) is 58.0 Å². The summed E-state index contributed by atoms with van der Waals surface area (Å²) in [4.78, 5) is 4.60. The van der Waals surface area contributed by atoms with Crippen molar-refractivity contribution in [2.45, 2.75) is 27.3 Å². The molecule has 0 unspecified atom stereocenters. The van der Waals surface area contributed by atoms with Crippen LogP contribution in [-0.2, 0) is 6.54 Å². The molecule has 0 aliphatic heterocycles. The van der Waals surface area contributed by atoms with Crippen molar-refractivity contribution in [2.24, 2.45) is 5.73 Å². The molecule has 0 saturated carbocycles. The Kier molecular flexibility index (Phi) is 4.53. The minimum atomic E-state index is -0.156. The molecule has 3 nitrogen and oxygen atoms in total. The van der Waals surface area contributed by atoms with Crippen LogP contribution in [-0.4, -0.2) is 9.97 Å². The van der Waals surface area contributed by atoms with Crippen LogP contribution in [0.2, 0.25) is 0 Å². The van der Waals surface area contributed by atoms with E-state index < -0.39 is 0 Å². The zero-order valence-corrected chi connectivity index (χ0v) is 13.1. The van der Waals surface area contributed by atoms with Gasteiger partial charge in [0.15, 0.2) is 0 Å². The number of nitrogens with two attached hydrogens (primary N) is 1. The second-order valence-electron chi connectivity index (χ2n) is 5.11. The van der Waals surface area contributed by atoms with Crippen LogP contribution < -0.4 is 11.1 Å². The second-order valence-corrected chi connectivity index (χ2v) is 5.55. The molecule has 0 aliphatic carbocycles. The smallest absolute Gasteiger partial charge is 0.136 e. The number of hydrogen-bond donors (Lipinski definition) is 2. The highest BCUT2D eigenvalue weighted by Gasteiger charge is 2.10. The standard InChI is InChI=1S/C16H18FN3S/c1-9-4-5-19-16(13(9)15(18)21)20-8-12-6-10(2)14(17)11(3)7-12/h4-7H,8H2,1-3H3,(H2,18,21)(H,19,20). The Morgan fingerprint density at radius 2 is 1.86 bits per heavy atom. The normalized spacial score (nSPS) is 10.5. The van der Waals surface area contributed by atoms with Gasteiger partial charge in [-0.1, -0.05) is 24.4 Å². The highest BCUT2D eigenvalue weighted by Crippen LogP contribution is 2.19. The first-order valence-electron chi connectivity index (χ1n) is 6.65. The molecule has 21 heavy (non-hydrogen) atoms. The van der Waals surface area contributed by atoms with Crippen molar-refractivity contribution in [3.63, 3.8) is 0 Å². The number of aromatic nitrogens is 1. The largest absolute Gasteiger partial charge is 0.389 e. The average molecular weight is 303 g/mol. The molecule has 0 amide bonds. The van der Waals surface area contributed by atoms with E-state index in [0.717, 1.165) is 16.7 Å². The highest BCUT2D eigenvalue weighted by molar-refractivity contribution is 7.80. The number of aryl methyl sites for hydroxylation is 3. The van der Waals surface area contributed by atoms with E-state index in [-0.39, 0.29) is 5.82 Å². The molecule has 0 bridgehead atoms. The monoisotopic (exact) mass is 303 g/mol. The fourth-order valence-electron chi connectivity index (χ4n) is 2.33. The minimum absolute atomic E-state index is 0.156. The molecule has 0 fully saturated rings. The van der Waals surface area contributed by atoms with Crippen LogP contribution in [0, 0.1) is 26.6 Å². The van der Waals surface area contributed by atoms with Gasteiger partial charge in [0.05, 0.1) is 5.56 Å². The van der Waals surface area contributed by atoms with Gasteiger partial charge >= 0.3 is 0 Å². The van der Waals surface area contributed by atoms with E-state index in [1.165, 1.54) is 0 Å². The van der Waals surface area contributed by atoms with Gasteiger partial charge < -0.3 is 11.1 Å². The summed E-state index contributed by atoms with van der Waals surface area (Å²) in [6, 6.07) is 5.52. The summed E-state index contributed by atoms with van der Waals surface area (Å²) in [7, 11) is 0. The van der Waals surface area contributed by atoms with Gasteiger partial charge in [-0.05, 0) is 49.1 Å². The molecule has 1 aromatic heterocycles. The summed E-state index contributed by atoms with van der Waals surface area (Å²) in [5.41, 5.74) is 9.75. The molecule has 0 aliphatic rings. The summed E-state index contributed by atoms with van der Waals surface area (Å²) in [6.07, 6.45) is 1.71. The first kappa shape index (κ1) is 15.4. The Balaban J connectivity index is 2.25. The summed E-state index contributed by atoms with van der Waals surface area (Å²) < 4.78 is 13.6. The van der Waals surface area contributed by atoms with Gasteiger partial charge in [-0.15, -0.1) is 0 Å².